The number of aromatic nitrogens is 1. The Labute approximate surface area is 151 Å². The fourth-order valence-electron chi connectivity index (χ4n) is 2.58. The standard InChI is InChI=1S/C14H15BrN2O3S3/c1-14(2-3-23(19,20)8-14)17-12(18)5-10-7-22-13(16-10)11-4-9(15)6-21-11/h4,6-7H,2-3,5,8H2,1H3,(H,17,18). The Kier molecular flexibility index (Phi) is 4.65. The largest absolute Gasteiger partial charge is 0.350 e. The summed E-state index contributed by atoms with van der Waals surface area (Å²) in [5, 5.41) is 7.60. The monoisotopic (exact) mass is 434 g/mol. The Morgan fingerprint density at radius 3 is 2.83 bits per heavy atom. The summed E-state index contributed by atoms with van der Waals surface area (Å²) < 4.78 is 24.2. The van der Waals surface area contributed by atoms with Crippen molar-refractivity contribution >= 4 is 54.3 Å². The van der Waals surface area contributed by atoms with Crippen LogP contribution >= 0.6 is 38.6 Å². The molecule has 1 atom stereocenters. The molecule has 2 aromatic rings. The molecule has 2 aromatic heterocycles. The number of nitrogens with one attached hydrogen (secondary N) is 1. The van der Waals surface area contributed by atoms with Crippen LogP contribution in [-0.4, -0.2) is 36.4 Å². The molecule has 5 nitrogen and oxygen atoms in total. The zero-order valence-electron chi connectivity index (χ0n) is 12.3. The third kappa shape index (κ3) is 4.20. The van der Waals surface area contributed by atoms with Gasteiger partial charge in [0.1, 0.15) is 5.01 Å². The van der Waals surface area contributed by atoms with E-state index in [1.165, 1.54) is 11.3 Å². The van der Waals surface area contributed by atoms with Gasteiger partial charge in [-0.05, 0) is 35.3 Å². The molecule has 0 aliphatic carbocycles. The second-order valence-electron chi connectivity index (χ2n) is 5.90. The minimum absolute atomic E-state index is 0.0112. The van der Waals surface area contributed by atoms with Crippen LogP contribution < -0.4 is 5.32 Å². The molecule has 0 radical (unpaired) electrons. The smallest absolute Gasteiger partial charge is 0.226 e. The lowest BCUT2D eigenvalue weighted by molar-refractivity contribution is -0.121. The van der Waals surface area contributed by atoms with Crippen molar-refractivity contribution in [2.45, 2.75) is 25.3 Å². The number of hydrogen-bond donors (Lipinski definition) is 1. The number of carbonyl (C=O) groups excluding carboxylic acids is 1. The molecule has 0 bridgehead atoms. The molecule has 3 rings (SSSR count). The number of amides is 1. The van der Waals surface area contributed by atoms with Crippen molar-refractivity contribution in [1.82, 2.24) is 10.3 Å². The molecular formula is C14H15BrN2O3S3. The van der Waals surface area contributed by atoms with Crippen LogP contribution in [0.25, 0.3) is 9.88 Å². The topological polar surface area (TPSA) is 76.1 Å². The highest BCUT2D eigenvalue weighted by molar-refractivity contribution is 9.10. The summed E-state index contributed by atoms with van der Waals surface area (Å²) in [7, 11) is -3.03. The molecule has 1 saturated heterocycles. The molecule has 1 aliphatic rings. The van der Waals surface area contributed by atoms with Crippen LogP contribution in [0, 0.1) is 0 Å². The van der Waals surface area contributed by atoms with Gasteiger partial charge in [0.2, 0.25) is 5.91 Å². The quantitative estimate of drug-likeness (QED) is 0.802. The van der Waals surface area contributed by atoms with E-state index in [0.29, 0.717) is 12.1 Å². The highest BCUT2D eigenvalue weighted by Gasteiger charge is 2.39. The molecule has 0 aromatic carbocycles. The normalized spacial score (nSPS) is 23.0. The Morgan fingerprint density at radius 1 is 1.43 bits per heavy atom. The van der Waals surface area contributed by atoms with Crippen molar-refractivity contribution in [3.63, 3.8) is 0 Å². The number of sulfone groups is 1. The molecule has 1 fully saturated rings. The third-order valence-electron chi connectivity index (χ3n) is 3.62. The number of hydrogen-bond acceptors (Lipinski definition) is 6. The molecule has 23 heavy (non-hydrogen) atoms. The highest BCUT2D eigenvalue weighted by Crippen LogP contribution is 2.32. The third-order valence-corrected chi connectivity index (χ3v) is 8.27. The molecule has 1 aliphatic heterocycles. The Hall–Kier alpha value is -0.770. The van der Waals surface area contributed by atoms with E-state index in [1.54, 1.807) is 18.3 Å². The summed E-state index contributed by atoms with van der Waals surface area (Å²) in [4.78, 5) is 17.7. The van der Waals surface area contributed by atoms with E-state index < -0.39 is 15.4 Å². The fourth-order valence-corrected chi connectivity index (χ4v) is 7.00. The number of nitrogens with zero attached hydrogens (tertiary/aromatic N) is 1. The van der Waals surface area contributed by atoms with Crippen molar-refractivity contribution in [2.24, 2.45) is 0 Å². The number of thiazole rings is 1. The van der Waals surface area contributed by atoms with Crippen molar-refractivity contribution in [1.29, 1.82) is 0 Å². The van der Waals surface area contributed by atoms with Crippen LogP contribution in [0.4, 0.5) is 0 Å². The summed E-state index contributed by atoms with van der Waals surface area (Å²) in [5.74, 6) is -0.0383. The van der Waals surface area contributed by atoms with E-state index in [2.05, 4.69) is 26.2 Å². The van der Waals surface area contributed by atoms with Crippen LogP contribution in [0.1, 0.15) is 19.0 Å². The van der Waals surface area contributed by atoms with Gasteiger partial charge in [-0.2, -0.15) is 0 Å². The van der Waals surface area contributed by atoms with Crippen molar-refractivity contribution < 1.29 is 13.2 Å². The maximum absolute atomic E-state index is 12.2. The van der Waals surface area contributed by atoms with Gasteiger partial charge < -0.3 is 5.32 Å². The van der Waals surface area contributed by atoms with Gasteiger partial charge in [0.25, 0.3) is 0 Å². The summed E-state index contributed by atoms with van der Waals surface area (Å²) >= 11 is 6.51. The molecule has 0 saturated carbocycles. The van der Waals surface area contributed by atoms with E-state index in [-0.39, 0.29) is 23.8 Å². The molecule has 9 heteroatoms. The molecule has 0 spiro atoms. The number of rotatable bonds is 4. The van der Waals surface area contributed by atoms with Gasteiger partial charge in [0.05, 0.1) is 34.0 Å². The predicted octanol–water partition coefficient (Wildman–Crippen LogP) is 2.87. The van der Waals surface area contributed by atoms with Crippen LogP contribution in [-0.2, 0) is 21.1 Å². The number of carbonyl (C=O) groups is 1. The van der Waals surface area contributed by atoms with E-state index in [4.69, 9.17) is 0 Å². The average molecular weight is 435 g/mol. The minimum Gasteiger partial charge on any atom is -0.350 e. The van der Waals surface area contributed by atoms with Crippen molar-refractivity contribution in [3.8, 4) is 9.88 Å². The van der Waals surface area contributed by atoms with E-state index in [9.17, 15) is 13.2 Å². The van der Waals surface area contributed by atoms with Gasteiger partial charge in [0, 0.05) is 15.2 Å². The van der Waals surface area contributed by atoms with Crippen LogP contribution in [0.3, 0.4) is 0 Å². The molecule has 3 heterocycles. The summed E-state index contributed by atoms with van der Waals surface area (Å²) in [6, 6.07) is 2.00. The minimum atomic E-state index is -3.03. The van der Waals surface area contributed by atoms with Gasteiger partial charge in [-0.25, -0.2) is 13.4 Å². The highest BCUT2D eigenvalue weighted by atomic mass is 79.9. The fraction of sp³-hybridized carbons (Fsp3) is 0.429. The van der Waals surface area contributed by atoms with Crippen LogP contribution in [0.15, 0.2) is 21.3 Å². The Morgan fingerprint density at radius 2 is 2.22 bits per heavy atom. The molecule has 1 unspecified atom stereocenters. The first kappa shape index (κ1) is 17.1. The Balaban J connectivity index is 1.64. The SMILES string of the molecule is CC1(NC(=O)Cc2csc(-c3cc(Br)cs3)n2)CCS(=O)(=O)C1. The summed E-state index contributed by atoms with van der Waals surface area (Å²) in [5.41, 5.74) is 0.0457. The van der Waals surface area contributed by atoms with E-state index in [1.807, 2.05) is 16.8 Å². The molecular weight excluding hydrogens is 420 g/mol. The zero-order chi connectivity index (χ0) is 16.7. The maximum Gasteiger partial charge on any atom is 0.226 e. The Bertz CT molecular complexity index is 843. The van der Waals surface area contributed by atoms with Crippen LogP contribution in [0.2, 0.25) is 0 Å². The summed E-state index contributed by atoms with van der Waals surface area (Å²) in [6.07, 6.45) is 0.630. The molecule has 124 valence electrons. The first-order chi connectivity index (χ1) is 10.7. The predicted molar refractivity (Wildman–Crippen MR) is 96.6 cm³/mol. The lowest BCUT2D eigenvalue weighted by atomic mass is 10.0. The number of halogens is 1. The lowest BCUT2D eigenvalue weighted by Gasteiger charge is -2.23. The van der Waals surface area contributed by atoms with E-state index >= 15 is 0 Å². The second kappa shape index (κ2) is 6.27. The first-order valence-corrected chi connectivity index (χ1v) is 11.3. The van der Waals surface area contributed by atoms with Gasteiger partial charge >= 0.3 is 0 Å². The second-order valence-corrected chi connectivity index (χ2v) is 10.8. The lowest BCUT2D eigenvalue weighted by Crippen LogP contribution is -2.47. The maximum atomic E-state index is 12.2. The first-order valence-electron chi connectivity index (χ1n) is 6.95. The zero-order valence-corrected chi connectivity index (χ0v) is 16.4. The summed E-state index contributed by atoms with van der Waals surface area (Å²) in [6.45, 7) is 1.78. The van der Waals surface area contributed by atoms with Gasteiger partial charge in [0.15, 0.2) is 9.84 Å². The number of thiophene rings is 1. The molecule has 1 N–H and O–H groups in total. The molecule has 1 amide bonds. The van der Waals surface area contributed by atoms with Crippen molar-refractivity contribution in [2.75, 3.05) is 11.5 Å². The van der Waals surface area contributed by atoms with Gasteiger partial charge in [-0.1, -0.05) is 0 Å². The van der Waals surface area contributed by atoms with Gasteiger partial charge in [-0.3, -0.25) is 4.79 Å². The van der Waals surface area contributed by atoms with Gasteiger partial charge in [-0.15, -0.1) is 22.7 Å². The van der Waals surface area contributed by atoms with E-state index in [0.717, 1.165) is 14.4 Å². The average Bonchev–Trinajstić information content (AvgIpc) is 3.10. The van der Waals surface area contributed by atoms with Crippen molar-refractivity contribution in [3.05, 3.63) is 27.0 Å². The van der Waals surface area contributed by atoms with Crippen LogP contribution in [0.5, 0.6) is 0 Å².